The molecule has 1 aliphatic heterocycles. The summed E-state index contributed by atoms with van der Waals surface area (Å²) in [5.41, 5.74) is 0. The van der Waals surface area contributed by atoms with Crippen molar-refractivity contribution in [1.82, 2.24) is 15.2 Å². The smallest absolute Gasteiger partial charge is 0.0943 e. The third kappa shape index (κ3) is 4.54. The fourth-order valence-electron chi connectivity index (χ4n) is 3.12. The molecule has 1 aromatic heterocycles. The highest BCUT2D eigenvalue weighted by Crippen LogP contribution is 2.25. The molecule has 0 bridgehead atoms. The lowest BCUT2D eigenvalue weighted by molar-refractivity contribution is 0.111. The van der Waals surface area contributed by atoms with Gasteiger partial charge in [0.1, 0.15) is 0 Å². The van der Waals surface area contributed by atoms with Crippen LogP contribution in [0.1, 0.15) is 49.4 Å². The van der Waals surface area contributed by atoms with Gasteiger partial charge in [0.25, 0.3) is 0 Å². The molecule has 4 heteroatoms. The third-order valence-electron chi connectivity index (χ3n) is 4.20. The second-order valence-corrected chi connectivity index (χ2v) is 7.31. The van der Waals surface area contributed by atoms with E-state index in [0.29, 0.717) is 12.1 Å². The predicted molar refractivity (Wildman–Crippen MR) is 87.5 cm³/mol. The zero-order valence-electron chi connectivity index (χ0n) is 13.2. The summed E-state index contributed by atoms with van der Waals surface area (Å²) < 4.78 is 0. The topological polar surface area (TPSA) is 28.2 Å². The highest BCUT2D eigenvalue weighted by molar-refractivity contribution is 7.11. The lowest BCUT2D eigenvalue weighted by Crippen LogP contribution is -2.44. The Morgan fingerprint density at radius 1 is 1.45 bits per heavy atom. The Bertz CT molecular complexity index is 389. The van der Waals surface area contributed by atoms with Gasteiger partial charge in [-0.2, -0.15) is 0 Å². The van der Waals surface area contributed by atoms with E-state index in [1.807, 2.05) is 18.4 Å². The van der Waals surface area contributed by atoms with Crippen molar-refractivity contribution in [1.29, 1.82) is 0 Å². The van der Waals surface area contributed by atoms with Crippen molar-refractivity contribution >= 4 is 11.3 Å². The van der Waals surface area contributed by atoms with E-state index in [0.717, 1.165) is 19.4 Å². The maximum atomic E-state index is 4.65. The van der Waals surface area contributed by atoms with E-state index in [1.54, 1.807) is 0 Å². The first-order valence-electron chi connectivity index (χ1n) is 8.04. The molecule has 1 aromatic rings. The van der Waals surface area contributed by atoms with Gasteiger partial charge in [-0.1, -0.05) is 6.42 Å². The molecule has 1 N–H and O–H groups in total. The minimum atomic E-state index is 0.662. The largest absolute Gasteiger partial charge is 0.320 e. The van der Waals surface area contributed by atoms with Gasteiger partial charge in [0.05, 0.1) is 5.01 Å². The van der Waals surface area contributed by atoms with Crippen LogP contribution in [0.3, 0.4) is 0 Å². The Labute approximate surface area is 127 Å². The van der Waals surface area contributed by atoms with Crippen molar-refractivity contribution in [2.24, 2.45) is 0 Å². The number of hydrogen-bond acceptors (Lipinski definition) is 4. The molecule has 1 atom stereocenters. The van der Waals surface area contributed by atoms with Crippen LogP contribution >= 0.6 is 11.3 Å². The Morgan fingerprint density at radius 2 is 2.30 bits per heavy atom. The van der Waals surface area contributed by atoms with Crippen LogP contribution in [0.2, 0.25) is 0 Å². The predicted octanol–water partition coefficient (Wildman–Crippen LogP) is 3.10. The van der Waals surface area contributed by atoms with Gasteiger partial charge in [-0.05, 0) is 59.7 Å². The number of rotatable bonds is 7. The maximum Gasteiger partial charge on any atom is 0.0943 e. The van der Waals surface area contributed by atoms with Gasteiger partial charge in [-0.3, -0.25) is 4.90 Å². The van der Waals surface area contributed by atoms with Crippen molar-refractivity contribution in [2.75, 3.05) is 20.1 Å². The van der Waals surface area contributed by atoms with Crippen LogP contribution in [0.15, 0.2) is 6.20 Å². The molecule has 2 heterocycles. The van der Waals surface area contributed by atoms with E-state index in [2.05, 4.69) is 35.2 Å². The average Bonchev–Trinajstić information content (AvgIpc) is 2.87. The van der Waals surface area contributed by atoms with Crippen LogP contribution in [0.4, 0.5) is 0 Å². The summed E-state index contributed by atoms with van der Waals surface area (Å²) in [4.78, 5) is 8.77. The third-order valence-corrected chi connectivity index (χ3v) is 5.28. The Morgan fingerprint density at radius 3 is 3.05 bits per heavy atom. The van der Waals surface area contributed by atoms with Crippen LogP contribution in [-0.2, 0) is 12.8 Å². The number of piperidine rings is 1. The van der Waals surface area contributed by atoms with Gasteiger partial charge in [-0.25, -0.2) is 4.98 Å². The van der Waals surface area contributed by atoms with Gasteiger partial charge in [0, 0.05) is 29.6 Å². The number of aryl methyl sites for hydroxylation is 1. The van der Waals surface area contributed by atoms with Crippen molar-refractivity contribution in [3.63, 3.8) is 0 Å². The summed E-state index contributed by atoms with van der Waals surface area (Å²) in [6.45, 7) is 7.01. The quantitative estimate of drug-likeness (QED) is 0.784. The van der Waals surface area contributed by atoms with Gasteiger partial charge in [-0.15, -0.1) is 11.3 Å². The lowest BCUT2D eigenvalue weighted by Gasteiger charge is -2.38. The maximum absolute atomic E-state index is 4.65. The number of nitrogens with zero attached hydrogens (tertiary/aromatic N) is 2. The van der Waals surface area contributed by atoms with E-state index in [1.165, 1.54) is 42.1 Å². The van der Waals surface area contributed by atoms with Crippen LogP contribution in [0.25, 0.3) is 0 Å². The van der Waals surface area contributed by atoms with Crippen LogP contribution in [-0.4, -0.2) is 42.1 Å². The molecule has 0 spiro atoms. The zero-order valence-corrected chi connectivity index (χ0v) is 14.0. The van der Waals surface area contributed by atoms with Gasteiger partial charge in [0.15, 0.2) is 0 Å². The standard InChI is InChI=1S/C16H29N3S/c1-13(2)19-10-5-4-7-14(19)11-16-18-12-15(20-16)8-6-9-17-3/h12-14,17H,4-11H2,1-3H3. The second-order valence-electron chi connectivity index (χ2n) is 6.11. The summed E-state index contributed by atoms with van der Waals surface area (Å²) in [5.74, 6) is 0. The normalized spacial score (nSPS) is 20.7. The van der Waals surface area contributed by atoms with Crippen molar-refractivity contribution in [3.05, 3.63) is 16.1 Å². The molecule has 1 unspecified atom stereocenters. The molecular weight excluding hydrogens is 266 g/mol. The molecule has 3 nitrogen and oxygen atoms in total. The summed E-state index contributed by atoms with van der Waals surface area (Å²) in [6, 6.07) is 1.37. The first kappa shape index (κ1) is 15.9. The van der Waals surface area contributed by atoms with E-state index >= 15 is 0 Å². The van der Waals surface area contributed by atoms with Crippen LogP contribution < -0.4 is 5.32 Å². The molecule has 2 rings (SSSR count). The first-order chi connectivity index (χ1) is 9.70. The monoisotopic (exact) mass is 295 g/mol. The summed E-state index contributed by atoms with van der Waals surface area (Å²) in [5, 5.41) is 4.54. The fraction of sp³-hybridized carbons (Fsp3) is 0.812. The lowest BCUT2D eigenvalue weighted by atomic mass is 9.98. The van der Waals surface area contributed by atoms with Crippen LogP contribution in [0, 0.1) is 0 Å². The molecule has 0 aliphatic carbocycles. The van der Waals surface area contributed by atoms with E-state index in [-0.39, 0.29) is 0 Å². The molecule has 0 saturated carbocycles. The molecule has 1 aliphatic rings. The number of hydrogen-bond donors (Lipinski definition) is 1. The Hall–Kier alpha value is -0.450. The minimum Gasteiger partial charge on any atom is -0.320 e. The fourth-order valence-corrected chi connectivity index (χ4v) is 4.16. The summed E-state index contributed by atoms with van der Waals surface area (Å²) in [7, 11) is 2.02. The van der Waals surface area contributed by atoms with Crippen molar-refractivity contribution in [2.45, 2.75) is 64.5 Å². The molecular formula is C16H29N3S. The molecule has 0 aromatic carbocycles. The van der Waals surface area contributed by atoms with E-state index in [4.69, 9.17) is 0 Å². The number of likely N-dealkylation sites (tertiary alicyclic amines) is 1. The Kier molecular flexibility index (Phi) is 6.46. The molecule has 1 saturated heterocycles. The molecule has 20 heavy (non-hydrogen) atoms. The molecule has 0 radical (unpaired) electrons. The van der Waals surface area contributed by atoms with Gasteiger partial charge in [0.2, 0.25) is 0 Å². The summed E-state index contributed by atoms with van der Waals surface area (Å²) >= 11 is 1.93. The molecule has 0 amide bonds. The van der Waals surface area contributed by atoms with E-state index in [9.17, 15) is 0 Å². The summed E-state index contributed by atoms with van der Waals surface area (Å²) in [6.07, 6.45) is 9.70. The highest BCUT2D eigenvalue weighted by atomic mass is 32.1. The minimum absolute atomic E-state index is 0.662. The SMILES string of the molecule is CNCCCc1cnc(CC2CCCCN2C(C)C)s1. The second kappa shape index (κ2) is 8.11. The van der Waals surface area contributed by atoms with E-state index < -0.39 is 0 Å². The number of aromatic nitrogens is 1. The van der Waals surface area contributed by atoms with Gasteiger partial charge < -0.3 is 5.32 Å². The van der Waals surface area contributed by atoms with Gasteiger partial charge >= 0.3 is 0 Å². The molecule has 114 valence electrons. The Balaban J connectivity index is 1.88. The number of nitrogens with one attached hydrogen (secondary N) is 1. The average molecular weight is 295 g/mol. The van der Waals surface area contributed by atoms with Crippen molar-refractivity contribution < 1.29 is 0 Å². The molecule has 1 fully saturated rings. The highest BCUT2D eigenvalue weighted by Gasteiger charge is 2.25. The van der Waals surface area contributed by atoms with Crippen molar-refractivity contribution in [3.8, 4) is 0 Å². The van der Waals surface area contributed by atoms with Crippen LogP contribution in [0.5, 0.6) is 0 Å². The first-order valence-corrected chi connectivity index (χ1v) is 8.86. The zero-order chi connectivity index (χ0) is 14.4. The number of thiazole rings is 1.